The Morgan fingerprint density at radius 1 is 1.03 bits per heavy atom. The van der Waals surface area contributed by atoms with Crippen molar-refractivity contribution >= 4 is 51.1 Å². The topological polar surface area (TPSA) is 86.2 Å². The Hall–Kier alpha value is -3.88. The predicted octanol–water partition coefficient (Wildman–Crippen LogP) is 5.62. The molecule has 0 saturated heterocycles. The second-order valence-corrected chi connectivity index (χ2v) is 8.89. The van der Waals surface area contributed by atoms with Gasteiger partial charge in [0.05, 0.1) is 18.3 Å². The number of esters is 1. The number of amides is 1. The van der Waals surface area contributed by atoms with Crippen LogP contribution in [0.3, 0.4) is 0 Å². The quantitative estimate of drug-likeness (QED) is 0.144. The molecule has 0 fully saturated rings. The van der Waals surface area contributed by atoms with Gasteiger partial charge < -0.3 is 14.2 Å². The van der Waals surface area contributed by atoms with E-state index in [0.29, 0.717) is 32.7 Å². The van der Waals surface area contributed by atoms with Crippen LogP contribution in [0.4, 0.5) is 0 Å². The van der Waals surface area contributed by atoms with Gasteiger partial charge in [0, 0.05) is 10.1 Å². The second-order valence-electron chi connectivity index (χ2n) is 7.46. The van der Waals surface area contributed by atoms with Crippen LogP contribution in [0.25, 0.3) is 10.1 Å². The number of nitrogens with zero attached hydrogens (tertiary/aromatic N) is 1. The van der Waals surface area contributed by atoms with Crippen molar-refractivity contribution < 1.29 is 23.8 Å². The number of rotatable bonds is 8. The highest BCUT2D eigenvalue weighted by molar-refractivity contribution is 7.21. The predicted molar refractivity (Wildman–Crippen MR) is 137 cm³/mol. The van der Waals surface area contributed by atoms with Crippen LogP contribution in [0.5, 0.6) is 17.2 Å². The van der Waals surface area contributed by atoms with Gasteiger partial charge in [0.2, 0.25) is 0 Å². The fraction of sp³-hybridized carbons (Fsp3) is 0.115. The number of hydrogen-bond donors (Lipinski definition) is 1. The molecule has 0 radical (unpaired) electrons. The normalized spacial score (nSPS) is 10.9. The van der Waals surface area contributed by atoms with Crippen LogP contribution in [-0.4, -0.2) is 31.8 Å². The Labute approximate surface area is 210 Å². The fourth-order valence-corrected chi connectivity index (χ4v) is 4.56. The molecule has 9 heteroatoms. The lowest BCUT2D eigenvalue weighted by atomic mass is 10.2. The van der Waals surface area contributed by atoms with Gasteiger partial charge in [-0.15, -0.1) is 11.3 Å². The van der Waals surface area contributed by atoms with Crippen molar-refractivity contribution in [2.45, 2.75) is 6.92 Å². The Kier molecular flexibility index (Phi) is 7.64. The molecule has 0 aliphatic carbocycles. The van der Waals surface area contributed by atoms with Gasteiger partial charge >= 0.3 is 5.97 Å². The third kappa shape index (κ3) is 6.17. The summed E-state index contributed by atoms with van der Waals surface area (Å²) in [5.41, 5.74) is 4.16. The highest BCUT2D eigenvalue weighted by Crippen LogP contribution is 2.37. The molecule has 0 bridgehead atoms. The molecule has 1 N–H and O–H groups in total. The lowest BCUT2D eigenvalue weighted by Gasteiger charge is -2.05. The zero-order valence-corrected chi connectivity index (χ0v) is 20.5. The molecule has 0 aliphatic heterocycles. The lowest BCUT2D eigenvalue weighted by Crippen LogP contribution is -2.24. The van der Waals surface area contributed by atoms with E-state index in [-0.39, 0.29) is 12.5 Å². The Morgan fingerprint density at radius 2 is 1.80 bits per heavy atom. The van der Waals surface area contributed by atoms with Gasteiger partial charge in [0.25, 0.3) is 5.91 Å². The molecular formula is C26H21ClN2O5S. The number of fused-ring (bicyclic) bond motifs is 1. The third-order valence-electron chi connectivity index (χ3n) is 4.88. The van der Waals surface area contributed by atoms with Crippen LogP contribution in [-0.2, 0) is 4.79 Å². The summed E-state index contributed by atoms with van der Waals surface area (Å²) < 4.78 is 17.0. The van der Waals surface area contributed by atoms with E-state index in [4.69, 9.17) is 25.8 Å². The van der Waals surface area contributed by atoms with Gasteiger partial charge in [-0.3, -0.25) is 4.79 Å². The van der Waals surface area contributed by atoms with Gasteiger partial charge in [0.15, 0.2) is 6.61 Å². The minimum Gasteiger partial charge on any atom is -0.497 e. The zero-order valence-electron chi connectivity index (χ0n) is 18.9. The van der Waals surface area contributed by atoms with E-state index in [1.54, 1.807) is 43.5 Å². The van der Waals surface area contributed by atoms with Crippen molar-refractivity contribution in [1.29, 1.82) is 0 Å². The molecule has 7 nitrogen and oxygen atoms in total. The summed E-state index contributed by atoms with van der Waals surface area (Å²) in [6.07, 6.45) is 1.48. The second kappa shape index (κ2) is 11.0. The SMILES string of the molecule is COc1ccc2c(Cl)c(C(=O)Oc3ccc(C=NNC(=O)COc4cccc(C)c4)cc3)sc2c1. The summed E-state index contributed by atoms with van der Waals surface area (Å²) in [7, 11) is 1.58. The van der Waals surface area contributed by atoms with E-state index in [1.807, 2.05) is 37.3 Å². The molecule has 0 saturated carbocycles. The van der Waals surface area contributed by atoms with Crippen LogP contribution in [0.2, 0.25) is 5.02 Å². The smallest absolute Gasteiger partial charge is 0.355 e. The molecule has 1 aromatic heterocycles. The summed E-state index contributed by atoms with van der Waals surface area (Å²) >= 11 is 7.64. The first-order valence-electron chi connectivity index (χ1n) is 10.5. The molecule has 4 aromatic rings. The third-order valence-corrected chi connectivity index (χ3v) is 6.51. The van der Waals surface area contributed by atoms with E-state index >= 15 is 0 Å². The minimum absolute atomic E-state index is 0.150. The van der Waals surface area contributed by atoms with Crippen LogP contribution in [0.1, 0.15) is 20.8 Å². The molecular weight excluding hydrogens is 488 g/mol. The first kappa shape index (κ1) is 24.3. The molecule has 1 heterocycles. The number of ether oxygens (including phenoxy) is 3. The number of hydrazone groups is 1. The summed E-state index contributed by atoms with van der Waals surface area (Å²) in [6, 6.07) is 19.5. The molecule has 0 unspecified atom stereocenters. The Morgan fingerprint density at radius 3 is 2.54 bits per heavy atom. The van der Waals surface area contributed by atoms with Crippen molar-refractivity contribution in [2.75, 3.05) is 13.7 Å². The number of carbonyl (C=O) groups is 2. The summed E-state index contributed by atoms with van der Waals surface area (Å²) in [5, 5.41) is 5.04. The highest BCUT2D eigenvalue weighted by Gasteiger charge is 2.19. The number of carbonyl (C=O) groups excluding carboxylic acids is 2. The van der Waals surface area contributed by atoms with Gasteiger partial charge in [-0.05, 0) is 72.6 Å². The number of thiophene rings is 1. The van der Waals surface area contributed by atoms with Crippen LogP contribution in [0.15, 0.2) is 71.8 Å². The maximum absolute atomic E-state index is 12.7. The maximum atomic E-state index is 12.7. The Bertz CT molecular complexity index is 1400. The zero-order chi connectivity index (χ0) is 24.8. The van der Waals surface area contributed by atoms with E-state index in [0.717, 1.165) is 15.6 Å². The van der Waals surface area contributed by atoms with E-state index in [1.165, 1.54) is 17.6 Å². The van der Waals surface area contributed by atoms with Crippen molar-refractivity contribution in [3.05, 3.63) is 87.8 Å². The number of aryl methyl sites for hydroxylation is 1. The number of methoxy groups -OCH3 is 1. The number of halogens is 1. The van der Waals surface area contributed by atoms with Crippen LogP contribution >= 0.6 is 22.9 Å². The van der Waals surface area contributed by atoms with Crippen molar-refractivity contribution in [2.24, 2.45) is 5.10 Å². The van der Waals surface area contributed by atoms with Crippen molar-refractivity contribution in [1.82, 2.24) is 5.43 Å². The van der Waals surface area contributed by atoms with Crippen molar-refractivity contribution in [3.8, 4) is 17.2 Å². The average molecular weight is 509 g/mol. The maximum Gasteiger partial charge on any atom is 0.355 e. The van der Waals surface area contributed by atoms with E-state index in [9.17, 15) is 9.59 Å². The number of benzene rings is 3. The van der Waals surface area contributed by atoms with E-state index in [2.05, 4.69) is 10.5 Å². The standard InChI is InChI=1S/C26H21ClN2O5S/c1-16-4-3-5-20(12-16)33-15-23(30)29-28-14-17-6-8-18(9-7-17)34-26(31)25-24(27)21-11-10-19(32-2)13-22(21)35-25/h3-14H,15H2,1-2H3,(H,29,30). The van der Waals surface area contributed by atoms with Crippen molar-refractivity contribution in [3.63, 3.8) is 0 Å². The molecule has 178 valence electrons. The molecule has 4 rings (SSSR count). The molecule has 1 amide bonds. The highest BCUT2D eigenvalue weighted by atomic mass is 35.5. The lowest BCUT2D eigenvalue weighted by molar-refractivity contribution is -0.123. The summed E-state index contributed by atoms with van der Waals surface area (Å²) in [6.45, 7) is 1.79. The fourth-order valence-electron chi connectivity index (χ4n) is 3.14. The molecule has 0 spiro atoms. The van der Waals surface area contributed by atoms with Gasteiger partial charge in [-0.2, -0.15) is 5.10 Å². The average Bonchev–Trinajstić information content (AvgIpc) is 3.19. The van der Waals surface area contributed by atoms with Crippen LogP contribution in [0, 0.1) is 6.92 Å². The minimum atomic E-state index is -0.544. The molecule has 0 aliphatic rings. The van der Waals surface area contributed by atoms with Gasteiger partial charge in [0.1, 0.15) is 22.1 Å². The number of hydrogen-bond acceptors (Lipinski definition) is 7. The summed E-state index contributed by atoms with van der Waals surface area (Å²) in [5.74, 6) is 0.728. The summed E-state index contributed by atoms with van der Waals surface area (Å²) in [4.78, 5) is 24.9. The monoisotopic (exact) mass is 508 g/mol. The first-order chi connectivity index (χ1) is 16.9. The largest absolute Gasteiger partial charge is 0.497 e. The van der Waals surface area contributed by atoms with Gasteiger partial charge in [-0.1, -0.05) is 23.7 Å². The molecule has 3 aromatic carbocycles. The first-order valence-corrected chi connectivity index (χ1v) is 11.7. The van der Waals surface area contributed by atoms with Crippen LogP contribution < -0.4 is 19.6 Å². The van der Waals surface area contributed by atoms with E-state index < -0.39 is 5.97 Å². The molecule has 35 heavy (non-hydrogen) atoms. The Balaban J connectivity index is 1.31. The van der Waals surface area contributed by atoms with Gasteiger partial charge in [-0.25, -0.2) is 10.2 Å². The number of nitrogens with one attached hydrogen (secondary N) is 1. The molecule has 0 atom stereocenters.